The number of benzene rings is 1. The van der Waals surface area contributed by atoms with Crippen LogP contribution in [0.3, 0.4) is 0 Å². The van der Waals surface area contributed by atoms with E-state index in [1.165, 1.54) is 12.1 Å². The minimum Gasteiger partial charge on any atom is -0.396 e. The van der Waals surface area contributed by atoms with Crippen molar-refractivity contribution in [3.05, 3.63) is 35.1 Å². The third-order valence-electron chi connectivity index (χ3n) is 3.64. The van der Waals surface area contributed by atoms with Gasteiger partial charge in [0.15, 0.2) is 0 Å². The van der Waals surface area contributed by atoms with Crippen LogP contribution in [0.5, 0.6) is 0 Å². The van der Waals surface area contributed by atoms with Gasteiger partial charge in [0.1, 0.15) is 12.4 Å². The van der Waals surface area contributed by atoms with Gasteiger partial charge in [0.2, 0.25) is 0 Å². The highest BCUT2D eigenvalue weighted by atomic mass is 19.1. The average Bonchev–Trinajstić information content (AvgIpc) is 2.45. The Morgan fingerprint density at radius 1 is 1.20 bits per heavy atom. The summed E-state index contributed by atoms with van der Waals surface area (Å²) in [5.74, 6) is 5.38. The molecule has 1 saturated heterocycles. The van der Waals surface area contributed by atoms with E-state index in [-0.39, 0.29) is 19.0 Å². The van der Waals surface area contributed by atoms with Crippen molar-refractivity contribution in [3.63, 3.8) is 0 Å². The highest BCUT2D eigenvalue weighted by Gasteiger charge is 2.18. The summed E-state index contributed by atoms with van der Waals surface area (Å²) in [5, 5.41) is 17.8. The summed E-state index contributed by atoms with van der Waals surface area (Å²) in [6, 6.07) is 4.77. The van der Waals surface area contributed by atoms with Gasteiger partial charge in [0.05, 0.1) is 0 Å². The molecule has 0 aliphatic carbocycles. The Morgan fingerprint density at radius 2 is 1.95 bits per heavy atom. The molecule has 1 heterocycles. The molecule has 2 rings (SSSR count). The molecule has 0 aromatic heterocycles. The van der Waals surface area contributed by atoms with E-state index in [0.717, 1.165) is 31.5 Å². The topological polar surface area (TPSA) is 43.7 Å². The Bertz CT molecular complexity index is 499. The molecule has 0 spiro atoms. The molecule has 0 atom stereocenters. The Hall–Kier alpha value is -1.41. The zero-order chi connectivity index (χ0) is 14.4. The quantitative estimate of drug-likeness (QED) is 0.820. The smallest absolute Gasteiger partial charge is 0.124 e. The van der Waals surface area contributed by atoms with Crippen LogP contribution < -0.4 is 0 Å². The Kier molecular flexibility index (Phi) is 5.54. The van der Waals surface area contributed by atoms with Crippen molar-refractivity contribution in [2.24, 2.45) is 5.92 Å². The van der Waals surface area contributed by atoms with Crippen LogP contribution in [0.25, 0.3) is 0 Å². The fraction of sp³-hybridized carbons (Fsp3) is 0.500. The predicted octanol–water partition coefficient (Wildman–Crippen LogP) is 1.37. The second-order valence-electron chi connectivity index (χ2n) is 5.21. The number of halogens is 1. The third kappa shape index (κ3) is 4.31. The molecular formula is C16H20FNO2. The van der Waals surface area contributed by atoms with Crippen molar-refractivity contribution < 1.29 is 14.6 Å². The molecule has 108 valence electrons. The van der Waals surface area contributed by atoms with Crippen LogP contribution in [0, 0.1) is 23.6 Å². The van der Waals surface area contributed by atoms with Gasteiger partial charge < -0.3 is 10.2 Å². The maximum atomic E-state index is 13.5. The first kappa shape index (κ1) is 15.0. The second-order valence-corrected chi connectivity index (χ2v) is 5.21. The van der Waals surface area contributed by atoms with Crippen molar-refractivity contribution in [2.45, 2.75) is 19.4 Å². The zero-order valence-electron chi connectivity index (χ0n) is 11.5. The molecule has 1 aromatic carbocycles. The van der Waals surface area contributed by atoms with E-state index in [1.807, 2.05) is 6.07 Å². The molecule has 3 nitrogen and oxygen atoms in total. The third-order valence-corrected chi connectivity index (χ3v) is 3.64. The van der Waals surface area contributed by atoms with Gasteiger partial charge in [-0.25, -0.2) is 4.39 Å². The largest absolute Gasteiger partial charge is 0.396 e. The summed E-state index contributed by atoms with van der Waals surface area (Å²) in [4.78, 5) is 2.27. The van der Waals surface area contributed by atoms with Gasteiger partial charge in [-0.3, -0.25) is 4.90 Å². The molecule has 0 amide bonds. The summed E-state index contributed by atoms with van der Waals surface area (Å²) in [6.45, 7) is 2.59. The van der Waals surface area contributed by atoms with Crippen LogP contribution in [0.2, 0.25) is 0 Å². The lowest BCUT2D eigenvalue weighted by atomic mass is 9.97. The van der Waals surface area contributed by atoms with Crippen molar-refractivity contribution in [3.8, 4) is 11.8 Å². The molecule has 1 aliphatic heterocycles. The maximum absolute atomic E-state index is 13.5. The molecule has 1 aromatic rings. The van der Waals surface area contributed by atoms with Gasteiger partial charge in [0, 0.05) is 18.7 Å². The minimum atomic E-state index is -0.296. The standard InChI is InChI=1S/C16H20FNO2/c17-16-9-14(2-1-7-19)8-15(10-16)11-18-5-3-13(12-20)4-6-18/h8-10,13,19-20H,3-7,11-12H2. The molecule has 1 fully saturated rings. The number of aliphatic hydroxyl groups excluding tert-OH is 2. The maximum Gasteiger partial charge on any atom is 0.124 e. The monoisotopic (exact) mass is 277 g/mol. The number of rotatable bonds is 3. The van der Waals surface area contributed by atoms with E-state index >= 15 is 0 Å². The lowest BCUT2D eigenvalue weighted by Crippen LogP contribution is -2.34. The second kappa shape index (κ2) is 7.39. The van der Waals surface area contributed by atoms with E-state index in [9.17, 15) is 4.39 Å². The summed E-state index contributed by atoms with van der Waals surface area (Å²) >= 11 is 0. The van der Waals surface area contributed by atoms with E-state index in [1.54, 1.807) is 0 Å². The predicted molar refractivity (Wildman–Crippen MR) is 75.5 cm³/mol. The van der Waals surface area contributed by atoms with Gasteiger partial charge in [-0.2, -0.15) is 0 Å². The lowest BCUT2D eigenvalue weighted by molar-refractivity contribution is 0.127. The van der Waals surface area contributed by atoms with Crippen LogP contribution in [0.4, 0.5) is 4.39 Å². The van der Waals surface area contributed by atoms with Gasteiger partial charge >= 0.3 is 0 Å². The summed E-state index contributed by atoms with van der Waals surface area (Å²) in [6.07, 6.45) is 1.98. The van der Waals surface area contributed by atoms with Gasteiger partial charge in [-0.1, -0.05) is 11.8 Å². The molecule has 0 bridgehead atoms. The summed E-state index contributed by atoms with van der Waals surface area (Å²) < 4.78 is 13.5. The number of aliphatic hydroxyl groups is 2. The number of piperidine rings is 1. The van der Waals surface area contributed by atoms with Crippen molar-refractivity contribution in [1.29, 1.82) is 0 Å². The molecule has 0 unspecified atom stereocenters. The Morgan fingerprint density at radius 3 is 2.60 bits per heavy atom. The van der Waals surface area contributed by atoms with E-state index < -0.39 is 0 Å². The van der Waals surface area contributed by atoms with Gasteiger partial charge in [-0.15, -0.1) is 0 Å². The average molecular weight is 277 g/mol. The molecule has 4 heteroatoms. The van der Waals surface area contributed by atoms with Crippen LogP contribution >= 0.6 is 0 Å². The first-order chi connectivity index (χ1) is 9.71. The molecule has 0 radical (unpaired) electrons. The van der Waals surface area contributed by atoms with E-state index in [2.05, 4.69) is 16.7 Å². The van der Waals surface area contributed by atoms with Gasteiger partial charge in [-0.05, 0) is 55.6 Å². The highest BCUT2D eigenvalue weighted by Crippen LogP contribution is 2.19. The van der Waals surface area contributed by atoms with E-state index in [0.29, 0.717) is 18.0 Å². The summed E-state index contributed by atoms with van der Waals surface area (Å²) in [5.41, 5.74) is 1.49. The van der Waals surface area contributed by atoms with Crippen LogP contribution in [-0.4, -0.2) is 41.4 Å². The SMILES string of the molecule is OCC#Cc1cc(F)cc(CN2CCC(CO)CC2)c1. The van der Waals surface area contributed by atoms with Crippen molar-refractivity contribution >= 4 is 0 Å². The number of hydrogen-bond donors (Lipinski definition) is 2. The lowest BCUT2D eigenvalue weighted by Gasteiger charge is -2.31. The van der Waals surface area contributed by atoms with Gasteiger partial charge in [0.25, 0.3) is 0 Å². The number of hydrogen-bond acceptors (Lipinski definition) is 3. The molecule has 0 saturated carbocycles. The first-order valence-corrected chi connectivity index (χ1v) is 6.93. The fourth-order valence-corrected chi connectivity index (χ4v) is 2.54. The first-order valence-electron chi connectivity index (χ1n) is 6.93. The van der Waals surface area contributed by atoms with Crippen LogP contribution in [0.15, 0.2) is 18.2 Å². The van der Waals surface area contributed by atoms with Crippen LogP contribution in [0.1, 0.15) is 24.0 Å². The van der Waals surface area contributed by atoms with Crippen molar-refractivity contribution in [1.82, 2.24) is 4.90 Å². The Balaban J connectivity index is 2.00. The molecule has 20 heavy (non-hydrogen) atoms. The molecule has 2 N–H and O–H groups in total. The zero-order valence-corrected chi connectivity index (χ0v) is 11.5. The molecular weight excluding hydrogens is 257 g/mol. The molecule has 1 aliphatic rings. The minimum absolute atomic E-state index is 0.222. The summed E-state index contributed by atoms with van der Waals surface area (Å²) in [7, 11) is 0. The van der Waals surface area contributed by atoms with Crippen LogP contribution in [-0.2, 0) is 6.54 Å². The normalized spacial score (nSPS) is 16.8. The number of likely N-dealkylation sites (tertiary alicyclic amines) is 1. The number of nitrogens with zero attached hydrogens (tertiary/aromatic N) is 1. The Labute approximate surface area is 119 Å². The van der Waals surface area contributed by atoms with Crippen molar-refractivity contribution in [2.75, 3.05) is 26.3 Å². The van der Waals surface area contributed by atoms with E-state index in [4.69, 9.17) is 10.2 Å². The highest BCUT2D eigenvalue weighted by molar-refractivity contribution is 5.37. The fourth-order valence-electron chi connectivity index (χ4n) is 2.54.